The van der Waals surface area contributed by atoms with Crippen molar-refractivity contribution in [2.24, 2.45) is 0 Å². The standard InChI is InChI=1S/C14H8ClF2NO3/c15-10-5-7(1-3-11(10)17)13(19)18-12-4-2-8(16)6-9(12)14(20)21/h1-6H,(H,18,19)(H,20,21). The number of amides is 1. The molecule has 2 aromatic rings. The lowest BCUT2D eigenvalue weighted by molar-refractivity contribution is 0.0697. The van der Waals surface area contributed by atoms with Crippen LogP contribution < -0.4 is 5.32 Å². The molecule has 1 amide bonds. The number of anilines is 1. The first-order chi connectivity index (χ1) is 9.88. The average Bonchev–Trinajstić information content (AvgIpc) is 2.43. The number of aromatic carboxylic acids is 1. The molecule has 0 bridgehead atoms. The van der Waals surface area contributed by atoms with Crippen molar-refractivity contribution in [3.8, 4) is 0 Å². The molecule has 2 rings (SSSR count). The molecule has 21 heavy (non-hydrogen) atoms. The Bertz CT molecular complexity index is 734. The third-order valence-corrected chi connectivity index (χ3v) is 2.93. The minimum absolute atomic E-state index is 0.0436. The zero-order chi connectivity index (χ0) is 15.6. The smallest absolute Gasteiger partial charge is 0.337 e. The molecule has 108 valence electrons. The van der Waals surface area contributed by atoms with Gasteiger partial charge in [0.1, 0.15) is 11.6 Å². The second-order valence-corrected chi connectivity index (χ2v) is 4.49. The van der Waals surface area contributed by atoms with Crippen LogP contribution in [0.2, 0.25) is 5.02 Å². The van der Waals surface area contributed by atoms with Crippen molar-refractivity contribution in [3.63, 3.8) is 0 Å². The molecule has 0 aliphatic rings. The van der Waals surface area contributed by atoms with Crippen LogP contribution in [0.5, 0.6) is 0 Å². The number of carboxylic acids is 1. The number of nitrogens with one attached hydrogen (secondary N) is 1. The minimum atomic E-state index is -1.39. The van der Waals surface area contributed by atoms with E-state index in [1.807, 2.05) is 0 Å². The van der Waals surface area contributed by atoms with Gasteiger partial charge in [-0.25, -0.2) is 13.6 Å². The zero-order valence-electron chi connectivity index (χ0n) is 10.4. The lowest BCUT2D eigenvalue weighted by Gasteiger charge is -2.09. The number of benzene rings is 2. The summed E-state index contributed by atoms with van der Waals surface area (Å²) >= 11 is 5.56. The van der Waals surface area contributed by atoms with E-state index in [4.69, 9.17) is 16.7 Å². The SMILES string of the molecule is O=C(Nc1ccc(F)cc1C(=O)O)c1ccc(F)c(Cl)c1. The molecule has 2 N–H and O–H groups in total. The predicted molar refractivity (Wildman–Crippen MR) is 72.7 cm³/mol. The van der Waals surface area contributed by atoms with Gasteiger partial charge in [-0.2, -0.15) is 0 Å². The second kappa shape index (κ2) is 5.88. The Morgan fingerprint density at radius 2 is 1.81 bits per heavy atom. The fourth-order valence-electron chi connectivity index (χ4n) is 1.63. The first-order valence-corrected chi connectivity index (χ1v) is 6.05. The van der Waals surface area contributed by atoms with Gasteiger partial charge in [0, 0.05) is 5.56 Å². The summed E-state index contributed by atoms with van der Waals surface area (Å²) in [5.41, 5.74) is -0.423. The van der Waals surface area contributed by atoms with Crippen LogP contribution in [0.15, 0.2) is 36.4 Å². The van der Waals surface area contributed by atoms with Gasteiger partial charge in [0.05, 0.1) is 16.3 Å². The van der Waals surface area contributed by atoms with E-state index >= 15 is 0 Å². The first kappa shape index (κ1) is 14.9. The van der Waals surface area contributed by atoms with Crippen molar-refractivity contribution in [1.82, 2.24) is 0 Å². The maximum absolute atomic E-state index is 13.0. The lowest BCUT2D eigenvalue weighted by Crippen LogP contribution is -2.15. The van der Waals surface area contributed by atoms with Gasteiger partial charge in [-0.05, 0) is 36.4 Å². The number of hydrogen-bond donors (Lipinski definition) is 2. The summed E-state index contributed by atoms with van der Waals surface area (Å²) in [5, 5.41) is 11.0. The normalized spacial score (nSPS) is 10.2. The fraction of sp³-hybridized carbons (Fsp3) is 0. The number of halogens is 3. The average molecular weight is 312 g/mol. The van der Waals surface area contributed by atoms with Crippen LogP contribution in [0.1, 0.15) is 20.7 Å². The molecule has 0 atom stereocenters. The minimum Gasteiger partial charge on any atom is -0.478 e. The van der Waals surface area contributed by atoms with Crippen LogP contribution in [0.3, 0.4) is 0 Å². The molecule has 0 heterocycles. The second-order valence-electron chi connectivity index (χ2n) is 4.08. The van der Waals surface area contributed by atoms with Gasteiger partial charge in [0.25, 0.3) is 5.91 Å². The van der Waals surface area contributed by atoms with Crippen molar-refractivity contribution < 1.29 is 23.5 Å². The van der Waals surface area contributed by atoms with Crippen LogP contribution in [-0.4, -0.2) is 17.0 Å². The van der Waals surface area contributed by atoms with E-state index in [2.05, 4.69) is 5.32 Å². The summed E-state index contributed by atoms with van der Waals surface area (Å²) in [5.74, 6) is -3.50. The van der Waals surface area contributed by atoms with E-state index in [1.54, 1.807) is 0 Å². The van der Waals surface area contributed by atoms with E-state index in [9.17, 15) is 18.4 Å². The Balaban J connectivity index is 2.31. The summed E-state index contributed by atoms with van der Waals surface area (Å²) in [7, 11) is 0. The molecule has 0 aromatic heterocycles. The molecular weight excluding hydrogens is 304 g/mol. The Kier molecular flexibility index (Phi) is 4.18. The molecular formula is C14H8ClF2NO3. The van der Waals surface area contributed by atoms with Gasteiger partial charge in [0.2, 0.25) is 0 Å². The quantitative estimate of drug-likeness (QED) is 0.910. The van der Waals surface area contributed by atoms with Gasteiger partial charge >= 0.3 is 5.97 Å². The van der Waals surface area contributed by atoms with Crippen LogP contribution in [0.4, 0.5) is 14.5 Å². The topological polar surface area (TPSA) is 66.4 Å². The maximum Gasteiger partial charge on any atom is 0.337 e. The maximum atomic E-state index is 13.0. The van der Waals surface area contributed by atoms with Gasteiger partial charge in [-0.1, -0.05) is 11.6 Å². The molecule has 2 aromatic carbocycles. The molecule has 0 fully saturated rings. The van der Waals surface area contributed by atoms with E-state index in [0.717, 1.165) is 30.3 Å². The van der Waals surface area contributed by atoms with Crippen molar-refractivity contribution in [1.29, 1.82) is 0 Å². The number of rotatable bonds is 3. The lowest BCUT2D eigenvalue weighted by atomic mass is 10.1. The molecule has 4 nitrogen and oxygen atoms in total. The van der Waals surface area contributed by atoms with E-state index in [1.165, 1.54) is 6.07 Å². The third kappa shape index (κ3) is 3.35. The molecule has 0 aliphatic heterocycles. The van der Waals surface area contributed by atoms with Crippen molar-refractivity contribution in [2.45, 2.75) is 0 Å². The fourth-order valence-corrected chi connectivity index (χ4v) is 1.81. The summed E-state index contributed by atoms with van der Waals surface area (Å²) in [6.45, 7) is 0. The number of carbonyl (C=O) groups excluding carboxylic acids is 1. The molecule has 0 unspecified atom stereocenters. The van der Waals surface area contributed by atoms with E-state index in [0.29, 0.717) is 0 Å². The Morgan fingerprint density at radius 3 is 2.43 bits per heavy atom. The van der Waals surface area contributed by atoms with E-state index in [-0.39, 0.29) is 16.3 Å². The van der Waals surface area contributed by atoms with Crippen LogP contribution >= 0.6 is 11.6 Å². The molecule has 0 saturated heterocycles. The summed E-state index contributed by atoms with van der Waals surface area (Å²) in [4.78, 5) is 23.0. The van der Waals surface area contributed by atoms with Crippen LogP contribution in [-0.2, 0) is 0 Å². The molecule has 7 heteroatoms. The first-order valence-electron chi connectivity index (χ1n) is 5.67. The summed E-state index contributed by atoms with van der Waals surface area (Å²) in [6, 6.07) is 6.24. The van der Waals surface area contributed by atoms with Crippen molar-refractivity contribution in [2.75, 3.05) is 5.32 Å². The molecule has 0 saturated carbocycles. The van der Waals surface area contributed by atoms with Crippen LogP contribution in [0.25, 0.3) is 0 Å². The summed E-state index contributed by atoms with van der Waals surface area (Å²) in [6.07, 6.45) is 0. The van der Waals surface area contributed by atoms with Crippen molar-refractivity contribution >= 4 is 29.2 Å². The van der Waals surface area contributed by atoms with Crippen LogP contribution in [0, 0.1) is 11.6 Å². The third-order valence-electron chi connectivity index (χ3n) is 2.64. The monoisotopic (exact) mass is 311 g/mol. The van der Waals surface area contributed by atoms with E-state index < -0.39 is 29.1 Å². The van der Waals surface area contributed by atoms with Crippen molar-refractivity contribution in [3.05, 3.63) is 64.2 Å². The summed E-state index contributed by atoms with van der Waals surface area (Å²) < 4.78 is 26.1. The number of carbonyl (C=O) groups is 2. The highest BCUT2D eigenvalue weighted by atomic mass is 35.5. The number of hydrogen-bond acceptors (Lipinski definition) is 2. The molecule has 0 spiro atoms. The zero-order valence-corrected chi connectivity index (χ0v) is 11.1. The highest BCUT2D eigenvalue weighted by Crippen LogP contribution is 2.20. The van der Waals surface area contributed by atoms with Gasteiger partial charge in [-0.15, -0.1) is 0 Å². The predicted octanol–water partition coefficient (Wildman–Crippen LogP) is 3.57. The Labute approximate surface area is 123 Å². The van der Waals surface area contributed by atoms with Gasteiger partial charge < -0.3 is 10.4 Å². The Morgan fingerprint density at radius 1 is 1.10 bits per heavy atom. The molecule has 0 radical (unpaired) electrons. The van der Waals surface area contributed by atoms with Gasteiger partial charge in [-0.3, -0.25) is 4.79 Å². The van der Waals surface area contributed by atoms with Gasteiger partial charge in [0.15, 0.2) is 0 Å². The Hall–Kier alpha value is -2.47. The highest BCUT2D eigenvalue weighted by Gasteiger charge is 2.15. The number of carboxylic acid groups (broad SMARTS) is 1. The largest absolute Gasteiger partial charge is 0.478 e. The highest BCUT2D eigenvalue weighted by molar-refractivity contribution is 6.31. The molecule has 0 aliphatic carbocycles.